The first-order valence-electron chi connectivity index (χ1n) is 4.32. The van der Waals surface area contributed by atoms with Gasteiger partial charge in [0.15, 0.2) is 0 Å². The molecular formula is C10H11N3O. The van der Waals surface area contributed by atoms with Crippen LogP contribution in [0.5, 0.6) is 5.75 Å². The minimum atomic E-state index is 0.222. The van der Waals surface area contributed by atoms with Crippen LogP contribution >= 0.6 is 0 Å². The Labute approximate surface area is 81.6 Å². The first-order chi connectivity index (χ1) is 6.83. The second kappa shape index (κ2) is 3.51. The van der Waals surface area contributed by atoms with Crippen molar-refractivity contribution in [3.63, 3.8) is 0 Å². The highest BCUT2D eigenvalue weighted by atomic mass is 16.3. The van der Waals surface area contributed by atoms with E-state index in [9.17, 15) is 5.11 Å². The number of nitrogens with two attached hydrogens (primary N) is 1. The standard InChI is InChI=1S/C10H11N3O/c11-5-8-6-12-7-13(8)9-3-1-2-4-10(9)14/h1-4,6-7,14H,5,11H2. The van der Waals surface area contributed by atoms with Crippen LogP contribution in [0.15, 0.2) is 36.8 Å². The first-order valence-corrected chi connectivity index (χ1v) is 4.32. The van der Waals surface area contributed by atoms with Crippen molar-refractivity contribution in [1.29, 1.82) is 0 Å². The molecule has 1 heterocycles. The smallest absolute Gasteiger partial charge is 0.139 e. The number of rotatable bonds is 2. The zero-order valence-corrected chi connectivity index (χ0v) is 7.59. The Morgan fingerprint density at radius 1 is 1.36 bits per heavy atom. The summed E-state index contributed by atoms with van der Waals surface area (Å²) >= 11 is 0. The predicted octanol–water partition coefficient (Wildman–Crippen LogP) is 1.04. The number of nitrogens with zero attached hydrogens (tertiary/aromatic N) is 2. The molecular weight excluding hydrogens is 178 g/mol. The van der Waals surface area contributed by atoms with Gasteiger partial charge in [0.2, 0.25) is 0 Å². The van der Waals surface area contributed by atoms with Gasteiger partial charge < -0.3 is 10.8 Å². The van der Waals surface area contributed by atoms with Crippen LogP contribution in [0.2, 0.25) is 0 Å². The second-order valence-electron chi connectivity index (χ2n) is 2.95. The minimum absolute atomic E-state index is 0.222. The quantitative estimate of drug-likeness (QED) is 0.741. The molecule has 3 N–H and O–H groups in total. The Bertz CT molecular complexity index is 436. The predicted molar refractivity (Wildman–Crippen MR) is 53.1 cm³/mol. The third-order valence-electron chi connectivity index (χ3n) is 2.07. The number of para-hydroxylation sites is 2. The second-order valence-corrected chi connectivity index (χ2v) is 2.95. The van der Waals surface area contributed by atoms with Gasteiger partial charge in [-0.2, -0.15) is 0 Å². The maximum atomic E-state index is 9.61. The monoisotopic (exact) mass is 189 g/mol. The zero-order chi connectivity index (χ0) is 9.97. The molecule has 72 valence electrons. The average Bonchev–Trinajstić information content (AvgIpc) is 2.66. The van der Waals surface area contributed by atoms with E-state index in [0.717, 1.165) is 5.69 Å². The van der Waals surface area contributed by atoms with Crippen LogP contribution in [-0.4, -0.2) is 14.7 Å². The fourth-order valence-electron chi connectivity index (χ4n) is 1.36. The molecule has 0 aliphatic heterocycles. The fraction of sp³-hybridized carbons (Fsp3) is 0.100. The third-order valence-corrected chi connectivity index (χ3v) is 2.07. The maximum absolute atomic E-state index is 9.61. The molecule has 0 saturated heterocycles. The molecule has 2 rings (SSSR count). The Kier molecular flexibility index (Phi) is 2.20. The van der Waals surface area contributed by atoms with Gasteiger partial charge in [-0.05, 0) is 12.1 Å². The van der Waals surface area contributed by atoms with Crippen molar-refractivity contribution < 1.29 is 5.11 Å². The van der Waals surface area contributed by atoms with Gasteiger partial charge in [-0.25, -0.2) is 4.98 Å². The number of hydrogen-bond donors (Lipinski definition) is 2. The third kappa shape index (κ3) is 1.36. The first kappa shape index (κ1) is 8.77. The van der Waals surface area contributed by atoms with E-state index in [0.29, 0.717) is 12.2 Å². The topological polar surface area (TPSA) is 64.1 Å². The molecule has 2 aromatic rings. The van der Waals surface area contributed by atoms with Crippen molar-refractivity contribution in [3.05, 3.63) is 42.5 Å². The summed E-state index contributed by atoms with van der Waals surface area (Å²) in [4.78, 5) is 3.98. The molecule has 1 aromatic heterocycles. The van der Waals surface area contributed by atoms with E-state index in [4.69, 9.17) is 5.73 Å². The number of hydrogen-bond acceptors (Lipinski definition) is 3. The molecule has 0 aliphatic carbocycles. The molecule has 0 atom stereocenters. The molecule has 0 aliphatic rings. The van der Waals surface area contributed by atoms with Crippen LogP contribution in [0.25, 0.3) is 5.69 Å². The molecule has 14 heavy (non-hydrogen) atoms. The zero-order valence-electron chi connectivity index (χ0n) is 7.59. The van der Waals surface area contributed by atoms with E-state index >= 15 is 0 Å². The fourth-order valence-corrected chi connectivity index (χ4v) is 1.36. The largest absolute Gasteiger partial charge is 0.506 e. The van der Waals surface area contributed by atoms with E-state index in [1.165, 1.54) is 0 Å². The highest BCUT2D eigenvalue weighted by Crippen LogP contribution is 2.21. The normalized spacial score (nSPS) is 10.4. The number of imidazole rings is 1. The van der Waals surface area contributed by atoms with E-state index in [-0.39, 0.29) is 5.75 Å². The molecule has 0 radical (unpaired) electrons. The molecule has 1 aromatic carbocycles. The lowest BCUT2D eigenvalue weighted by Gasteiger charge is -2.07. The number of aromatic nitrogens is 2. The molecule has 4 nitrogen and oxygen atoms in total. The van der Waals surface area contributed by atoms with Crippen molar-refractivity contribution >= 4 is 0 Å². The van der Waals surface area contributed by atoms with Crippen molar-refractivity contribution in [1.82, 2.24) is 9.55 Å². The molecule has 0 saturated carbocycles. The van der Waals surface area contributed by atoms with Gasteiger partial charge in [-0.15, -0.1) is 0 Å². The Morgan fingerprint density at radius 3 is 2.86 bits per heavy atom. The summed E-state index contributed by atoms with van der Waals surface area (Å²) in [6, 6.07) is 7.08. The lowest BCUT2D eigenvalue weighted by molar-refractivity contribution is 0.471. The van der Waals surface area contributed by atoms with Gasteiger partial charge in [0, 0.05) is 12.7 Å². The van der Waals surface area contributed by atoms with E-state index in [1.807, 2.05) is 12.1 Å². The number of benzene rings is 1. The van der Waals surface area contributed by atoms with Gasteiger partial charge in [-0.1, -0.05) is 12.1 Å². The van der Waals surface area contributed by atoms with Crippen molar-refractivity contribution in [2.75, 3.05) is 0 Å². The minimum Gasteiger partial charge on any atom is -0.506 e. The Balaban J connectivity index is 2.54. The van der Waals surface area contributed by atoms with E-state index in [2.05, 4.69) is 4.98 Å². The number of phenolic OH excluding ortho intramolecular Hbond substituents is 1. The Hall–Kier alpha value is -1.81. The molecule has 0 fully saturated rings. The van der Waals surface area contributed by atoms with Crippen LogP contribution in [0.4, 0.5) is 0 Å². The summed E-state index contributed by atoms with van der Waals surface area (Å²) < 4.78 is 1.77. The highest BCUT2D eigenvalue weighted by molar-refractivity contribution is 5.46. The number of phenols is 1. The van der Waals surface area contributed by atoms with Crippen molar-refractivity contribution in [3.8, 4) is 11.4 Å². The van der Waals surface area contributed by atoms with Crippen LogP contribution in [0.1, 0.15) is 5.69 Å². The molecule has 0 bridgehead atoms. The SMILES string of the molecule is NCc1cncn1-c1ccccc1O. The summed E-state index contributed by atoms with van der Waals surface area (Å²) in [5, 5.41) is 9.61. The van der Waals surface area contributed by atoms with Crippen LogP contribution in [0, 0.1) is 0 Å². The molecule has 0 unspecified atom stereocenters. The van der Waals surface area contributed by atoms with Crippen molar-refractivity contribution in [2.45, 2.75) is 6.54 Å². The van der Waals surface area contributed by atoms with Crippen LogP contribution in [-0.2, 0) is 6.54 Å². The lowest BCUT2D eigenvalue weighted by Crippen LogP contribution is -2.04. The highest BCUT2D eigenvalue weighted by Gasteiger charge is 2.05. The van der Waals surface area contributed by atoms with Crippen LogP contribution in [0.3, 0.4) is 0 Å². The van der Waals surface area contributed by atoms with Crippen molar-refractivity contribution in [2.24, 2.45) is 5.73 Å². The summed E-state index contributed by atoms with van der Waals surface area (Å²) in [6.45, 7) is 0.397. The van der Waals surface area contributed by atoms with E-state index in [1.54, 1.807) is 29.2 Å². The van der Waals surface area contributed by atoms with Gasteiger partial charge in [0.05, 0.1) is 17.7 Å². The molecule has 0 amide bonds. The summed E-state index contributed by atoms with van der Waals surface area (Å²) in [5.41, 5.74) is 7.11. The molecule has 0 spiro atoms. The lowest BCUT2D eigenvalue weighted by atomic mass is 10.3. The molecule has 4 heteroatoms. The summed E-state index contributed by atoms with van der Waals surface area (Å²) in [6.07, 6.45) is 3.32. The number of aromatic hydroxyl groups is 1. The van der Waals surface area contributed by atoms with Gasteiger partial charge >= 0.3 is 0 Å². The average molecular weight is 189 g/mol. The maximum Gasteiger partial charge on any atom is 0.139 e. The summed E-state index contributed by atoms with van der Waals surface area (Å²) in [5.74, 6) is 0.222. The Morgan fingerprint density at radius 2 is 2.14 bits per heavy atom. The van der Waals surface area contributed by atoms with Crippen LogP contribution < -0.4 is 5.73 Å². The van der Waals surface area contributed by atoms with Gasteiger partial charge in [0.25, 0.3) is 0 Å². The van der Waals surface area contributed by atoms with Gasteiger partial charge in [0.1, 0.15) is 5.75 Å². The van der Waals surface area contributed by atoms with E-state index < -0.39 is 0 Å². The summed E-state index contributed by atoms with van der Waals surface area (Å²) in [7, 11) is 0. The van der Waals surface area contributed by atoms with Gasteiger partial charge in [-0.3, -0.25) is 4.57 Å².